The molecule has 0 radical (unpaired) electrons. The first-order chi connectivity index (χ1) is 8.62. The van der Waals surface area contributed by atoms with Crippen LogP contribution in [0, 0.1) is 5.92 Å². The second-order valence-corrected chi connectivity index (χ2v) is 6.84. The summed E-state index contributed by atoms with van der Waals surface area (Å²) >= 11 is 12.2. The average Bonchev–Trinajstić information content (AvgIpc) is 2.75. The van der Waals surface area contributed by atoms with Crippen LogP contribution in [-0.2, 0) is 9.47 Å². The Labute approximate surface area is 120 Å². The first-order valence-electron chi connectivity index (χ1n) is 6.95. The van der Waals surface area contributed by atoms with Gasteiger partial charge in [-0.3, -0.25) is 4.90 Å². The molecule has 1 heterocycles. The zero-order valence-electron chi connectivity index (χ0n) is 11.0. The molecule has 0 aromatic rings. The molecule has 1 saturated carbocycles. The zero-order chi connectivity index (χ0) is 13.0. The van der Waals surface area contributed by atoms with Crippen LogP contribution in [-0.4, -0.2) is 48.4 Å². The third kappa shape index (κ3) is 4.53. The quantitative estimate of drug-likeness (QED) is 0.507. The minimum atomic E-state index is -0.486. The molecule has 0 N–H and O–H groups in total. The number of nitrogens with zero attached hydrogens (tertiary/aromatic N) is 1. The van der Waals surface area contributed by atoms with Gasteiger partial charge in [-0.2, -0.15) is 0 Å². The average molecular weight is 296 g/mol. The van der Waals surface area contributed by atoms with E-state index >= 15 is 0 Å². The van der Waals surface area contributed by atoms with E-state index in [-0.39, 0.29) is 6.29 Å². The summed E-state index contributed by atoms with van der Waals surface area (Å²) in [5.41, 5.74) is 0. The lowest BCUT2D eigenvalue weighted by molar-refractivity contribution is -0.0627. The van der Waals surface area contributed by atoms with Crippen molar-refractivity contribution in [2.45, 2.75) is 43.2 Å². The van der Waals surface area contributed by atoms with E-state index in [0.29, 0.717) is 19.1 Å². The molecule has 1 saturated heterocycles. The number of halogens is 2. The topological polar surface area (TPSA) is 21.7 Å². The first kappa shape index (κ1) is 14.9. The highest BCUT2D eigenvalue weighted by molar-refractivity contribution is 6.50. The van der Waals surface area contributed by atoms with Crippen LogP contribution in [0.1, 0.15) is 32.6 Å². The molecule has 106 valence electrons. The van der Waals surface area contributed by atoms with Gasteiger partial charge in [0.05, 0.1) is 13.2 Å². The van der Waals surface area contributed by atoms with Crippen molar-refractivity contribution >= 4 is 23.2 Å². The fourth-order valence-electron chi connectivity index (χ4n) is 2.35. The van der Waals surface area contributed by atoms with Gasteiger partial charge in [-0.1, -0.05) is 19.8 Å². The maximum atomic E-state index is 6.11. The van der Waals surface area contributed by atoms with Gasteiger partial charge >= 0.3 is 0 Å². The lowest BCUT2D eigenvalue weighted by atomic mass is 10.2. The first-order valence-corrected chi connectivity index (χ1v) is 7.71. The summed E-state index contributed by atoms with van der Waals surface area (Å²) in [4.78, 5) is 2.39. The molecule has 0 bridgehead atoms. The van der Waals surface area contributed by atoms with Crippen molar-refractivity contribution in [1.29, 1.82) is 0 Å². The zero-order valence-corrected chi connectivity index (χ0v) is 12.6. The van der Waals surface area contributed by atoms with Crippen LogP contribution in [0.25, 0.3) is 0 Å². The molecule has 3 nitrogen and oxygen atoms in total. The molecule has 1 atom stereocenters. The highest BCUT2D eigenvalue weighted by Gasteiger charge is 2.52. The summed E-state index contributed by atoms with van der Waals surface area (Å²) in [7, 11) is 0. The minimum Gasteiger partial charge on any atom is -0.349 e. The molecule has 2 aliphatic rings. The summed E-state index contributed by atoms with van der Waals surface area (Å²) in [6, 6.07) is 0. The van der Waals surface area contributed by atoms with Crippen molar-refractivity contribution in [3.05, 3.63) is 0 Å². The van der Waals surface area contributed by atoms with Crippen molar-refractivity contribution in [2.24, 2.45) is 5.92 Å². The van der Waals surface area contributed by atoms with Gasteiger partial charge < -0.3 is 9.47 Å². The Hall–Kier alpha value is 0.460. The Kier molecular flexibility index (Phi) is 5.58. The molecular weight excluding hydrogens is 273 g/mol. The Morgan fingerprint density at radius 2 is 1.83 bits per heavy atom. The van der Waals surface area contributed by atoms with Crippen molar-refractivity contribution in [1.82, 2.24) is 4.90 Å². The number of rotatable bonds is 8. The van der Waals surface area contributed by atoms with E-state index in [2.05, 4.69) is 11.8 Å². The second-order valence-electron chi connectivity index (χ2n) is 5.30. The molecule has 2 rings (SSSR count). The molecule has 1 unspecified atom stereocenters. The van der Waals surface area contributed by atoms with Crippen LogP contribution in [0.3, 0.4) is 0 Å². The van der Waals surface area contributed by atoms with E-state index in [4.69, 9.17) is 32.7 Å². The molecule has 0 aromatic heterocycles. The Morgan fingerprint density at radius 3 is 2.39 bits per heavy atom. The van der Waals surface area contributed by atoms with Gasteiger partial charge in [0, 0.05) is 19.0 Å². The van der Waals surface area contributed by atoms with Crippen molar-refractivity contribution in [3.8, 4) is 0 Å². The minimum absolute atomic E-state index is 0.0644. The number of ether oxygens (including phenoxy) is 2. The predicted molar refractivity (Wildman–Crippen MR) is 74.2 cm³/mol. The van der Waals surface area contributed by atoms with Crippen LogP contribution in [0.2, 0.25) is 0 Å². The normalized spacial score (nSPS) is 27.0. The fourth-order valence-corrected chi connectivity index (χ4v) is 2.86. The molecule has 5 heteroatoms. The monoisotopic (exact) mass is 295 g/mol. The maximum absolute atomic E-state index is 6.11. The summed E-state index contributed by atoms with van der Waals surface area (Å²) in [6.07, 6.45) is 4.56. The SMILES string of the molecule is CCCCCN(CC1OCCO1)CC1CC1(Cl)Cl. The van der Waals surface area contributed by atoms with E-state index in [0.717, 1.165) is 26.1 Å². The van der Waals surface area contributed by atoms with Gasteiger partial charge in [-0.15, -0.1) is 23.2 Å². The number of unbranched alkanes of at least 4 members (excludes halogenated alkanes) is 2. The second kappa shape index (κ2) is 6.76. The Balaban J connectivity index is 1.74. The predicted octanol–water partition coefficient (Wildman–Crippen LogP) is 3.05. The fraction of sp³-hybridized carbons (Fsp3) is 1.00. The van der Waals surface area contributed by atoms with E-state index < -0.39 is 4.33 Å². The molecule has 1 aliphatic heterocycles. The van der Waals surface area contributed by atoms with Crippen molar-refractivity contribution in [2.75, 3.05) is 32.8 Å². The summed E-state index contributed by atoms with van der Waals surface area (Å²) in [5, 5.41) is 0. The van der Waals surface area contributed by atoms with Gasteiger partial charge in [0.2, 0.25) is 0 Å². The number of alkyl halides is 2. The van der Waals surface area contributed by atoms with Crippen molar-refractivity contribution < 1.29 is 9.47 Å². The molecule has 0 aromatic carbocycles. The molecule has 0 amide bonds. The van der Waals surface area contributed by atoms with Crippen molar-refractivity contribution in [3.63, 3.8) is 0 Å². The van der Waals surface area contributed by atoms with Crippen LogP contribution in [0.5, 0.6) is 0 Å². The lowest BCUT2D eigenvalue weighted by Gasteiger charge is -2.24. The van der Waals surface area contributed by atoms with Gasteiger partial charge in [0.25, 0.3) is 0 Å². The van der Waals surface area contributed by atoms with Gasteiger partial charge in [-0.05, 0) is 19.4 Å². The Morgan fingerprint density at radius 1 is 1.17 bits per heavy atom. The highest BCUT2D eigenvalue weighted by Crippen LogP contribution is 2.53. The van der Waals surface area contributed by atoms with E-state index in [1.807, 2.05) is 0 Å². The molecule has 0 spiro atoms. The number of hydrogen-bond donors (Lipinski definition) is 0. The van der Waals surface area contributed by atoms with Crippen LogP contribution < -0.4 is 0 Å². The third-order valence-corrected chi connectivity index (χ3v) is 4.54. The van der Waals surface area contributed by atoms with E-state index in [9.17, 15) is 0 Å². The molecule has 2 fully saturated rings. The largest absolute Gasteiger partial charge is 0.349 e. The maximum Gasteiger partial charge on any atom is 0.170 e. The van der Waals surface area contributed by atoms with E-state index in [1.54, 1.807) is 0 Å². The van der Waals surface area contributed by atoms with Crippen LogP contribution in [0.4, 0.5) is 0 Å². The highest BCUT2D eigenvalue weighted by atomic mass is 35.5. The molecule has 1 aliphatic carbocycles. The van der Waals surface area contributed by atoms with Gasteiger partial charge in [0.15, 0.2) is 6.29 Å². The summed E-state index contributed by atoms with van der Waals surface area (Å²) in [6.45, 7) is 6.52. The summed E-state index contributed by atoms with van der Waals surface area (Å²) in [5.74, 6) is 0.406. The van der Waals surface area contributed by atoms with Crippen LogP contribution >= 0.6 is 23.2 Å². The summed E-state index contributed by atoms with van der Waals surface area (Å²) < 4.78 is 10.5. The van der Waals surface area contributed by atoms with Gasteiger partial charge in [-0.25, -0.2) is 0 Å². The number of hydrogen-bond acceptors (Lipinski definition) is 3. The molecular formula is C13H23Cl2NO2. The third-order valence-electron chi connectivity index (χ3n) is 3.61. The Bertz CT molecular complexity index is 251. The standard InChI is InChI=1S/C13H23Cl2NO2/c1-2-3-4-5-16(9-11-8-13(11,14)15)10-12-17-6-7-18-12/h11-12H,2-10H2,1H3. The van der Waals surface area contributed by atoms with E-state index in [1.165, 1.54) is 19.3 Å². The van der Waals surface area contributed by atoms with Gasteiger partial charge in [0.1, 0.15) is 4.33 Å². The molecule has 18 heavy (non-hydrogen) atoms. The smallest absolute Gasteiger partial charge is 0.170 e. The van der Waals surface area contributed by atoms with Crippen LogP contribution in [0.15, 0.2) is 0 Å². The lowest BCUT2D eigenvalue weighted by Crippen LogP contribution is -2.36.